The van der Waals surface area contributed by atoms with Crippen molar-refractivity contribution in [1.82, 2.24) is 9.80 Å². The van der Waals surface area contributed by atoms with Crippen molar-refractivity contribution in [3.8, 4) is 0 Å². The van der Waals surface area contributed by atoms with E-state index in [2.05, 4.69) is 9.80 Å². The number of fused-ring (bicyclic) bond motifs is 1. The van der Waals surface area contributed by atoms with Gasteiger partial charge in [-0.1, -0.05) is 60.7 Å². The minimum atomic E-state index is -1.82. The van der Waals surface area contributed by atoms with Crippen molar-refractivity contribution < 1.29 is 49.1 Å². The number of aliphatic carboxylic acids is 4. The first-order valence-electron chi connectivity index (χ1n) is 12.8. The minimum Gasteiger partial charge on any atom is -0.473 e. The maximum absolute atomic E-state index is 12.9. The highest BCUT2D eigenvalue weighted by Gasteiger charge is 2.30. The average molecular weight is 559 g/mol. The Labute approximate surface area is 231 Å². The number of carbonyl (C=O) groups excluding carboxylic acids is 1. The molecule has 2 fully saturated rings. The summed E-state index contributed by atoms with van der Waals surface area (Å²) in [4.78, 5) is 54.5. The second-order valence-electron chi connectivity index (χ2n) is 9.13. The highest BCUT2D eigenvalue weighted by molar-refractivity contribution is 6.27. The molecule has 0 aromatic heterocycles. The van der Waals surface area contributed by atoms with Crippen molar-refractivity contribution >= 4 is 29.8 Å². The predicted octanol–water partition coefficient (Wildman–Crippen LogP) is 1.84. The van der Waals surface area contributed by atoms with Crippen LogP contribution in [0.25, 0.3) is 0 Å². The van der Waals surface area contributed by atoms with E-state index in [1.807, 2.05) is 60.7 Å². The fourth-order valence-corrected chi connectivity index (χ4v) is 4.56. The van der Waals surface area contributed by atoms with Gasteiger partial charge in [0.2, 0.25) is 0 Å². The van der Waals surface area contributed by atoms with Gasteiger partial charge in [-0.05, 0) is 36.9 Å². The van der Waals surface area contributed by atoms with E-state index in [0.29, 0.717) is 6.61 Å². The van der Waals surface area contributed by atoms with E-state index in [1.54, 1.807) is 0 Å². The largest absolute Gasteiger partial charge is 0.473 e. The molecule has 2 saturated heterocycles. The van der Waals surface area contributed by atoms with Crippen LogP contribution in [0.4, 0.5) is 0 Å². The molecule has 2 aliphatic heterocycles. The molecule has 12 heteroatoms. The van der Waals surface area contributed by atoms with Gasteiger partial charge in [0, 0.05) is 32.2 Å². The van der Waals surface area contributed by atoms with E-state index in [0.717, 1.165) is 36.7 Å². The fraction of sp³-hybridized carbons (Fsp3) is 0.393. The number of piperazine rings is 1. The zero-order chi connectivity index (χ0) is 29.5. The first-order valence-corrected chi connectivity index (χ1v) is 12.8. The van der Waals surface area contributed by atoms with Crippen LogP contribution >= 0.6 is 0 Å². The molecular formula is C28H34N2O10. The number of carbonyl (C=O) groups is 5. The van der Waals surface area contributed by atoms with Crippen molar-refractivity contribution in [3.63, 3.8) is 0 Å². The van der Waals surface area contributed by atoms with E-state index < -0.39 is 23.9 Å². The van der Waals surface area contributed by atoms with Crippen molar-refractivity contribution in [2.45, 2.75) is 31.2 Å². The number of carboxylic acid groups (broad SMARTS) is 4. The molecule has 0 saturated carbocycles. The summed E-state index contributed by atoms with van der Waals surface area (Å²) in [7, 11) is 0. The van der Waals surface area contributed by atoms with E-state index in [9.17, 15) is 4.79 Å². The van der Waals surface area contributed by atoms with Crippen LogP contribution in [0.3, 0.4) is 0 Å². The van der Waals surface area contributed by atoms with Gasteiger partial charge in [0.15, 0.2) is 0 Å². The van der Waals surface area contributed by atoms with Gasteiger partial charge in [-0.15, -0.1) is 0 Å². The summed E-state index contributed by atoms with van der Waals surface area (Å²) in [5.41, 5.74) is 1.96. The molecule has 40 heavy (non-hydrogen) atoms. The number of esters is 1. The van der Waals surface area contributed by atoms with Crippen molar-refractivity contribution in [1.29, 1.82) is 0 Å². The number of ether oxygens (including phenoxy) is 1. The Hall–Kier alpha value is -4.29. The molecule has 2 aromatic carbocycles. The Bertz CT molecular complexity index is 1040. The highest BCUT2D eigenvalue weighted by Crippen LogP contribution is 2.26. The number of carboxylic acids is 4. The smallest absolute Gasteiger partial charge is 0.414 e. The number of nitrogens with zero attached hydrogens (tertiary/aromatic N) is 2. The van der Waals surface area contributed by atoms with Gasteiger partial charge in [0.05, 0.1) is 6.61 Å². The first-order chi connectivity index (χ1) is 19.1. The standard InChI is InChI=1S/C24H30N2O2.2C2H2O4/c27-24(23(20-9-3-1-4-10-20)21-11-5-2-6-12-21)28-18-8-14-25-16-17-26-15-7-13-22(26)19-25;2*3-1(4)2(5)6/h1-6,9-12,22-23H,7-8,13-19H2;2*(H,3,4)(H,5,6). The summed E-state index contributed by atoms with van der Waals surface area (Å²) >= 11 is 0. The summed E-state index contributed by atoms with van der Waals surface area (Å²) in [6.07, 6.45) is 3.58. The molecule has 4 N–H and O–H groups in total. The second kappa shape index (κ2) is 16.6. The molecule has 4 rings (SSSR count). The third kappa shape index (κ3) is 10.8. The molecule has 0 bridgehead atoms. The molecule has 1 atom stereocenters. The van der Waals surface area contributed by atoms with Gasteiger partial charge in [0.1, 0.15) is 5.92 Å². The lowest BCUT2D eigenvalue weighted by molar-refractivity contribution is -0.159. The third-order valence-corrected chi connectivity index (χ3v) is 6.40. The molecule has 0 aliphatic carbocycles. The molecule has 2 aromatic rings. The van der Waals surface area contributed by atoms with Crippen LogP contribution < -0.4 is 0 Å². The Kier molecular flexibility index (Phi) is 13.3. The Morgan fingerprint density at radius 3 is 1.73 bits per heavy atom. The van der Waals surface area contributed by atoms with Gasteiger partial charge >= 0.3 is 29.8 Å². The lowest BCUT2D eigenvalue weighted by Gasteiger charge is -2.37. The van der Waals surface area contributed by atoms with Crippen LogP contribution in [-0.4, -0.2) is 105 Å². The van der Waals surface area contributed by atoms with Gasteiger partial charge in [-0.3, -0.25) is 9.69 Å². The molecule has 0 spiro atoms. The molecule has 216 valence electrons. The maximum Gasteiger partial charge on any atom is 0.414 e. The van der Waals surface area contributed by atoms with Gasteiger partial charge < -0.3 is 30.1 Å². The molecule has 12 nitrogen and oxygen atoms in total. The summed E-state index contributed by atoms with van der Waals surface area (Å²) in [6.45, 7) is 6.27. The molecular weight excluding hydrogens is 524 g/mol. The Balaban J connectivity index is 0.000000393. The van der Waals surface area contributed by atoms with E-state index in [1.165, 1.54) is 32.5 Å². The summed E-state index contributed by atoms with van der Waals surface area (Å²) in [6, 6.07) is 20.6. The van der Waals surface area contributed by atoms with Crippen LogP contribution in [-0.2, 0) is 28.7 Å². The lowest BCUT2D eigenvalue weighted by Crippen LogP contribution is -2.50. The fourth-order valence-electron chi connectivity index (χ4n) is 4.56. The monoisotopic (exact) mass is 558 g/mol. The predicted molar refractivity (Wildman–Crippen MR) is 142 cm³/mol. The maximum atomic E-state index is 12.9. The van der Waals surface area contributed by atoms with Gasteiger partial charge in [-0.2, -0.15) is 0 Å². The first kappa shape index (κ1) is 31.9. The van der Waals surface area contributed by atoms with Crippen molar-refractivity contribution in [3.05, 3.63) is 71.8 Å². The normalized spacial score (nSPS) is 16.4. The molecule has 0 radical (unpaired) electrons. The summed E-state index contributed by atoms with van der Waals surface area (Å²) < 4.78 is 5.71. The number of hydrogen-bond acceptors (Lipinski definition) is 8. The van der Waals surface area contributed by atoms with Crippen LogP contribution in [0.2, 0.25) is 0 Å². The Morgan fingerprint density at radius 2 is 1.25 bits per heavy atom. The minimum absolute atomic E-state index is 0.155. The molecule has 1 unspecified atom stereocenters. The van der Waals surface area contributed by atoms with E-state index in [-0.39, 0.29) is 11.9 Å². The average Bonchev–Trinajstić information content (AvgIpc) is 3.41. The Morgan fingerprint density at radius 1 is 0.750 bits per heavy atom. The SMILES string of the molecule is O=C(O)C(=O)O.O=C(O)C(=O)O.O=C(OCCCN1CCN2CCCC2C1)C(c1ccccc1)c1ccccc1. The second-order valence-corrected chi connectivity index (χ2v) is 9.13. The summed E-state index contributed by atoms with van der Waals surface area (Å²) in [5.74, 6) is -7.81. The topological polar surface area (TPSA) is 182 Å². The van der Waals surface area contributed by atoms with Crippen LogP contribution in [0.5, 0.6) is 0 Å². The van der Waals surface area contributed by atoms with Crippen molar-refractivity contribution in [2.75, 3.05) is 39.3 Å². The molecule has 2 heterocycles. The lowest BCUT2D eigenvalue weighted by atomic mass is 9.91. The van der Waals surface area contributed by atoms with Crippen LogP contribution in [0.15, 0.2) is 60.7 Å². The number of rotatable bonds is 7. The molecule has 2 aliphatic rings. The molecule has 0 amide bonds. The van der Waals surface area contributed by atoms with E-state index >= 15 is 0 Å². The third-order valence-electron chi connectivity index (χ3n) is 6.40. The highest BCUT2D eigenvalue weighted by atomic mass is 16.5. The van der Waals surface area contributed by atoms with E-state index in [4.69, 9.17) is 44.3 Å². The summed E-state index contributed by atoms with van der Waals surface area (Å²) in [5, 5.41) is 29.6. The van der Waals surface area contributed by atoms with Gasteiger partial charge in [-0.25, -0.2) is 19.2 Å². The number of benzene rings is 2. The van der Waals surface area contributed by atoms with Gasteiger partial charge in [0.25, 0.3) is 0 Å². The quantitative estimate of drug-likeness (QED) is 0.220. The van der Waals surface area contributed by atoms with Crippen LogP contribution in [0.1, 0.15) is 36.3 Å². The van der Waals surface area contributed by atoms with Crippen molar-refractivity contribution in [2.24, 2.45) is 0 Å². The number of hydrogen-bond donors (Lipinski definition) is 4. The van der Waals surface area contributed by atoms with Crippen LogP contribution in [0, 0.1) is 0 Å². The zero-order valence-electron chi connectivity index (χ0n) is 21.9. The zero-order valence-corrected chi connectivity index (χ0v) is 21.9.